The first kappa shape index (κ1) is 13.2. The van der Waals surface area contributed by atoms with Crippen LogP contribution < -0.4 is 16.0 Å². The van der Waals surface area contributed by atoms with E-state index in [0.29, 0.717) is 6.04 Å². The van der Waals surface area contributed by atoms with Crippen LogP contribution in [0.1, 0.15) is 25.7 Å². The second-order valence-electron chi connectivity index (χ2n) is 5.60. The van der Waals surface area contributed by atoms with Crippen LogP contribution in [0.15, 0.2) is 24.3 Å². The molecule has 1 fully saturated rings. The first-order chi connectivity index (χ1) is 8.65. The van der Waals surface area contributed by atoms with E-state index >= 15 is 0 Å². The number of hydrogen-bond donors (Lipinski definition) is 2. The highest BCUT2D eigenvalue weighted by Gasteiger charge is 2.17. The molecule has 18 heavy (non-hydrogen) atoms. The van der Waals surface area contributed by atoms with Crippen LogP contribution in [0.3, 0.4) is 0 Å². The van der Waals surface area contributed by atoms with Crippen molar-refractivity contribution in [2.45, 2.75) is 31.7 Å². The Morgan fingerprint density at radius 2 is 1.72 bits per heavy atom. The second-order valence-corrected chi connectivity index (χ2v) is 5.60. The maximum Gasteiger partial charge on any atom is 0.0362 e. The molecule has 1 aromatic rings. The van der Waals surface area contributed by atoms with Crippen molar-refractivity contribution in [2.24, 2.45) is 11.7 Å². The normalized spacial score (nSPS) is 23.7. The summed E-state index contributed by atoms with van der Waals surface area (Å²) in [6, 6.07) is 9.06. The van der Waals surface area contributed by atoms with Crippen molar-refractivity contribution in [3.05, 3.63) is 24.3 Å². The molecule has 0 spiro atoms. The van der Waals surface area contributed by atoms with Gasteiger partial charge in [0, 0.05) is 38.1 Å². The van der Waals surface area contributed by atoms with E-state index in [0.717, 1.165) is 12.5 Å². The predicted octanol–water partition coefficient (Wildman–Crippen LogP) is 2.68. The molecule has 3 nitrogen and oxygen atoms in total. The van der Waals surface area contributed by atoms with Crippen molar-refractivity contribution in [1.82, 2.24) is 0 Å². The molecule has 0 unspecified atom stereocenters. The maximum absolute atomic E-state index is 5.92. The van der Waals surface area contributed by atoms with E-state index < -0.39 is 0 Å². The number of nitrogens with zero attached hydrogens (tertiary/aromatic N) is 1. The third kappa shape index (κ3) is 3.64. The van der Waals surface area contributed by atoms with E-state index in [2.05, 4.69) is 48.6 Å². The van der Waals surface area contributed by atoms with E-state index in [1.165, 1.54) is 37.1 Å². The Balaban J connectivity index is 1.79. The Bertz CT molecular complexity index is 351. The van der Waals surface area contributed by atoms with Crippen molar-refractivity contribution < 1.29 is 0 Å². The van der Waals surface area contributed by atoms with Gasteiger partial charge in [-0.05, 0) is 55.9 Å². The Morgan fingerprint density at radius 1 is 1.11 bits per heavy atom. The zero-order chi connectivity index (χ0) is 13.0. The van der Waals surface area contributed by atoms with Crippen LogP contribution >= 0.6 is 0 Å². The topological polar surface area (TPSA) is 41.3 Å². The minimum atomic E-state index is 0.445. The van der Waals surface area contributed by atoms with Gasteiger partial charge in [0.05, 0.1) is 0 Å². The highest BCUT2D eigenvalue weighted by molar-refractivity contribution is 5.54. The van der Waals surface area contributed by atoms with Gasteiger partial charge in [0.2, 0.25) is 0 Å². The van der Waals surface area contributed by atoms with Crippen molar-refractivity contribution in [3.8, 4) is 0 Å². The Hall–Kier alpha value is -1.22. The molecule has 0 radical (unpaired) electrons. The summed E-state index contributed by atoms with van der Waals surface area (Å²) in [7, 11) is 4.13. The monoisotopic (exact) mass is 247 g/mol. The summed E-state index contributed by atoms with van der Waals surface area (Å²) in [5.74, 6) is 0.790. The van der Waals surface area contributed by atoms with Crippen LogP contribution in [0.2, 0.25) is 0 Å². The average molecular weight is 247 g/mol. The van der Waals surface area contributed by atoms with Crippen LogP contribution in [0.25, 0.3) is 0 Å². The fourth-order valence-corrected chi connectivity index (χ4v) is 2.53. The lowest BCUT2D eigenvalue weighted by Gasteiger charge is -2.26. The van der Waals surface area contributed by atoms with E-state index in [4.69, 9.17) is 5.73 Å². The number of rotatable bonds is 4. The molecule has 0 saturated heterocycles. The smallest absolute Gasteiger partial charge is 0.0362 e. The Labute approximate surface area is 110 Å². The molecule has 0 atom stereocenters. The van der Waals surface area contributed by atoms with Crippen LogP contribution in [0, 0.1) is 5.92 Å². The van der Waals surface area contributed by atoms with Gasteiger partial charge < -0.3 is 16.0 Å². The third-order valence-electron chi connectivity index (χ3n) is 3.87. The van der Waals surface area contributed by atoms with Gasteiger partial charge in [-0.15, -0.1) is 0 Å². The van der Waals surface area contributed by atoms with Crippen molar-refractivity contribution in [3.63, 3.8) is 0 Å². The number of nitrogens with one attached hydrogen (secondary N) is 1. The van der Waals surface area contributed by atoms with E-state index in [1.807, 2.05) is 0 Å². The summed E-state index contributed by atoms with van der Waals surface area (Å²) in [4.78, 5) is 2.12. The van der Waals surface area contributed by atoms with Gasteiger partial charge in [0.15, 0.2) is 0 Å². The Kier molecular flexibility index (Phi) is 4.48. The lowest BCUT2D eigenvalue weighted by molar-refractivity contribution is 0.339. The number of hydrogen-bond acceptors (Lipinski definition) is 3. The summed E-state index contributed by atoms with van der Waals surface area (Å²) in [6.45, 7) is 1.08. The molecule has 3 heteroatoms. The molecule has 0 bridgehead atoms. The zero-order valence-corrected chi connectivity index (χ0v) is 11.5. The van der Waals surface area contributed by atoms with Gasteiger partial charge in [0.25, 0.3) is 0 Å². The molecule has 1 saturated carbocycles. The standard InChI is InChI=1S/C15H25N3/c1-18(2)15-9-7-14(8-10-15)17-11-12-3-5-13(16)6-4-12/h7-10,12-13,17H,3-6,11,16H2,1-2H3. The largest absolute Gasteiger partial charge is 0.385 e. The summed E-state index contributed by atoms with van der Waals surface area (Å²) in [5.41, 5.74) is 8.38. The van der Waals surface area contributed by atoms with Crippen molar-refractivity contribution in [2.75, 3.05) is 30.9 Å². The molecule has 1 aliphatic rings. The summed E-state index contributed by atoms with van der Waals surface area (Å²) in [6.07, 6.45) is 4.91. The molecular formula is C15H25N3. The molecule has 3 N–H and O–H groups in total. The fraction of sp³-hybridized carbons (Fsp3) is 0.600. The van der Waals surface area contributed by atoms with Crippen LogP contribution in [-0.4, -0.2) is 26.7 Å². The number of nitrogens with two attached hydrogens (primary N) is 1. The van der Waals surface area contributed by atoms with E-state index in [1.54, 1.807) is 0 Å². The minimum Gasteiger partial charge on any atom is -0.385 e. The maximum atomic E-state index is 5.92. The van der Waals surface area contributed by atoms with Crippen LogP contribution in [-0.2, 0) is 0 Å². The number of benzene rings is 1. The highest BCUT2D eigenvalue weighted by Crippen LogP contribution is 2.24. The molecule has 0 aromatic heterocycles. The molecule has 0 amide bonds. The minimum absolute atomic E-state index is 0.445. The SMILES string of the molecule is CN(C)c1ccc(NCC2CCC(N)CC2)cc1. The summed E-state index contributed by atoms with van der Waals surface area (Å²) in [5, 5.41) is 3.54. The number of anilines is 2. The van der Waals surface area contributed by atoms with Crippen LogP contribution in [0.5, 0.6) is 0 Å². The lowest BCUT2D eigenvalue weighted by atomic mass is 9.86. The summed E-state index contributed by atoms with van der Waals surface area (Å²) >= 11 is 0. The molecule has 0 aliphatic heterocycles. The van der Waals surface area contributed by atoms with Gasteiger partial charge in [-0.2, -0.15) is 0 Å². The molecular weight excluding hydrogens is 222 g/mol. The third-order valence-corrected chi connectivity index (χ3v) is 3.87. The van der Waals surface area contributed by atoms with E-state index in [-0.39, 0.29) is 0 Å². The first-order valence-corrected chi connectivity index (χ1v) is 6.92. The fourth-order valence-electron chi connectivity index (χ4n) is 2.53. The van der Waals surface area contributed by atoms with E-state index in [9.17, 15) is 0 Å². The summed E-state index contributed by atoms with van der Waals surface area (Å²) < 4.78 is 0. The zero-order valence-electron chi connectivity index (χ0n) is 11.5. The molecule has 1 aliphatic carbocycles. The Morgan fingerprint density at radius 3 is 2.28 bits per heavy atom. The predicted molar refractivity (Wildman–Crippen MR) is 79.2 cm³/mol. The average Bonchev–Trinajstić information content (AvgIpc) is 2.38. The van der Waals surface area contributed by atoms with Crippen LogP contribution in [0.4, 0.5) is 11.4 Å². The second kappa shape index (κ2) is 6.10. The first-order valence-electron chi connectivity index (χ1n) is 6.92. The molecule has 100 valence electrons. The highest BCUT2D eigenvalue weighted by atomic mass is 15.1. The lowest BCUT2D eigenvalue weighted by Crippen LogP contribution is -2.29. The molecule has 0 heterocycles. The van der Waals surface area contributed by atoms with Crippen molar-refractivity contribution >= 4 is 11.4 Å². The molecule has 2 rings (SSSR count). The van der Waals surface area contributed by atoms with Crippen molar-refractivity contribution in [1.29, 1.82) is 0 Å². The van der Waals surface area contributed by atoms with Gasteiger partial charge in [-0.1, -0.05) is 0 Å². The van der Waals surface area contributed by atoms with Gasteiger partial charge in [-0.25, -0.2) is 0 Å². The molecule has 1 aromatic carbocycles. The quantitative estimate of drug-likeness (QED) is 0.859. The van der Waals surface area contributed by atoms with Gasteiger partial charge in [-0.3, -0.25) is 0 Å². The van der Waals surface area contributed by atoms with Gasteiger partial charge in [0.1, 0.15) is 0 Å². The van der Waals surface area contributed by atoms with Gasteiger partial charge >= 0.3 is 0 Å².